The molecule has 1 aromatic carbocycles. The number of pyridine rings is 1. The summed E-state index contributed by atoms with van der Waals surface area (Å²) in [7, 11) is 0. The van der Waals surface area contributed by atoms with E-state index in [2.05, 4.69) is 10.3 Å². The summed E-state index contributed by atoms with van der Waals surface area (Å²) < 4.78 is 0. The van der Waals surface area contributed by atoms with Crippen LogP contribution in [-0.2, 0) is 4.79 Å². The second-order valence-corrected chi connectivity index (χ2v) is 6.65. The van der Waals surface area contributed by atoms with Crippen LogP contribution < -0.4 is 16.6 Å². The lowest BCUT2D eigenvalue weighted by Gasteiger charge is -2.32. The lowest BCUT2D eigenvalue weighted by Crippen LogP contribution is -2.47. The molecule has 1 fully saturated rings. The van der Waals surface area contributed by atoms with Gasteiger partial charge in [-0.1, -0.05) is 30.3 Å². The molecule has 1 atom stereocenters. The molecule has 2 heterocycles. The van der Waals surface area contributed by atoms with Gasteiger partial charge in [0, 0.05) is 31.9 Å². The Hall–Kier alpha value is -2.93. The Labute approximate surface area is 157 Å². The van der Waals surface area contributed by atoms with E-state index < -0.39 is 5.56 Å². The van der Waals surface area contributed by atoms with Crippen molar-refractivity contribution >= 4 is 11.8 Å². The number of carbonyl (C=O) groups is 2. The quantitative estimate of drug-likeness (QED) is 0.731. The van der Waals surface area contributed by atoms with Crippen LogP contribution in [0.25, 0.3) is 11.3 Å². The van der Waals surface area contributed by atoms with Gasteiger partial charge in [0.25, 0.3) is 11.5 Å². The number of aromatic amines is 1. The van der Waals surface area contributed by atoms with Crippen molar-refractivity contribution in [2.45, 2.75) is 12.8 Å². The normalized spacial score (nSPS) is 16.8. The maximum Gasteiger partial charge on any atom is 0.261 e. The molecule has 3 rings (SSSR count). The van der Waals surface area contributed by atoms with Gasteiger partial charge in [-0.3, -0.25) is 14.4 Å². The topological polar surface area (TPSA) is 108 Å². The number of benzene rings is 1. The Bertz CT molecular complexity index is 863. The van der Waals surface area contributed by atoms with Crippen molar-refractivity contribution in [1.29, 1.82) is 0 Å². The minimum absolute atomic E-state index is 0.0914. The van der Waals surface area contributed by atoms with E-state index in [0.29, 0.717) is 31.9 Å². The van der Waals surface area contributed by atoms with Crippen LogP contribution in [0.1, 0.15) is 23.2 Å². The van der Waals surface area contributed by atoms with Gasteiger partial charge < -0.3 is 20.9 Å². The van der Waals surface area contributed by atoms with Crippen LogP contribution in [0.15, 0.2) is 47.3 Å². The number of hydrogen-bond donors (Lipinski definition) is 3. The number of carbonyl (C=O) groups excluding carboxylic acids is 2. The summed E-state index contributed by atoms with van der Waals surface area (Å²) >= 11 is 0. The predicted octanol–water partition coefficient (Wildman–Crippen LogP) is 0.969. The minimum atomic E-state index is -0.420. The number of hydrogen-bond acceptors (Lipinski definition) is 4. The van der Waals surface area contributed by atoms with Crippen LogP contribution in [0.2, 0.25) is 0 Å². The minimum Gasteiger partial charge on any atom is -0.355 e. The van der Waals surface area contributed by atoms with Crippen LogP contribution in [0.5, 0.6) is 0 Å². The number of aromatic nitrogens is 1. The fourth-order valence-electron chi connectivity index (χ4n) is 3.31. The number of rotatable bonds is 5. The van der Waals surface area contributed by atoms with Gasteiger partial charge in [-0.2, -0.15) is 0 Å². The molecule has 0 aliphatic carbocycles. The molecule has 7 nitrogen and oxygen atoms in total. The van der Waals surface area contributed by atoms with Gasteiger partial charge in [0.15, 0.2) is 0 Å². The molecule has 2 aromatic rings. The lowest BCUT2D eigenvalue weighted by atomic mass is 9.96. The Morgan fingerprint density at radius 2 is 1.96 bits per heavy atom. The number of amides is 2. The molecule has 0 bridgehead atoms. The number of nitrogens with two attached hydrogens (primary N) is 1. The van der Waals surface area contributed by atoms with Gasteiger partial charge in [0.05, 0.1) is 5.92 Å². The van der Waals surface area contributed by atoms with Crippen LogP contribution in [0, 0.1) is 5.92 Å². The fourth-order valence-corrected chi connectivity index (χ4v) is 3.31. The highest BCUT2D eigenvalue weighted by Crippen LogP contribution is 2.19. The summed E-state index contributed by atoms with van der Waals surface area (Å²) in [6.07, 6.45) is 1.45. The molecular weight excluding hydrogens is 344 g/mol. The van der Waals surface area contributed by atoms with Crippen LogP contribution in [0.4, 0.5) is 0 Å². The first-order valence-corrected chi connectivity index (χ1v) is 9.16. The third-order valence-electron chi connectivity index (χ3n) is 4.75. The van der Waals surface area contributed by atoms with E-state index in [1.54, 1.807) is 17.0 Å². The van der Waals surface area contributed by atoms with Crippen molar-refractivity contribution in [2.75, 3.05) is 26.2 Å². The summed E-state index contributed by atoms with van der Waals surface area (Å²) in [5.41, 5.74) is 6.63. The number of nitrogens with zero attached hydrogens (tertiary/aromatic N) is 1. The first-order chi connectivity index (χ1) is 13.1. The summed E-state index contributed by atoms with van der Waals surface area (Å²) in [6, 6.07) is 12.7. The second kappa shape index (κ2) is 8.64. The number of H-pyrrole nitrogens is 1. The van der Waals surface area contributed by atoms with Gasteiger partial charge in [-0.05, 0) is 30.5 Å². The molecule has 2 amide bonds. The van der Waals surface area contributed by atoms with E-state index in [1.807, 2.05) is 30.3 Å². The third kappa shape index (κ3) is 4.43. The summed E-state index contributed by atoms with van der Waals surface area (Å²) in [6.45, 7) is 1.66. The molecule has 4 N–H and O–H groups in total. The van der Waals surface area contributed by atoms with E-state index in [0.717, 1.165) is 18.4 Å². The van der Waals surface area contributed by atoms with Gasteiger partial charge in [-0.15, -0.1) is 0 Å². The molecule has 142 valence electrons. The Kier molecular flexibility index (Phi) is 6.03. The maximum absolute atomic E-state index is 12.8. The van der Waals surface area contributed by atoms with Crippen LogP contribution in [-0.4, -0.2) is 47.9 Å². The van der Waals surface area contributed by atoms with Crippen LogP contribution >= 0.6 is 0 Å². The Morgan fingerprint density at radius 1 is 1.19 bits per heavy atom. The predicted molar refractivity (Wildman–Crippen MR) is 103 cm³/mol. The van der Waals surface area contributed by atoms with E-state index in [4.69, 9.17) is 5.73 Å². The molecule has 1 unspecified atom stereocenters. The highest BCUT2D eigenvalue weighted by molar-refractivity contribution is 5.94. The molecule has 1 aliphatic rings. The average Bonchev–Trinajstić information content (AvgIpc) is 2.72. The van der Waals surface area contributed by atoms with E-state index in [1.165, 1.54) is 0 Å². The first-order valence-electron chi connectivity index (χ1n) is 9.16. The van der Waals surface area contributed by atoms with Crippen molar-refractivity contribution < 1.29 is 9.59 Å². The highest BCUT2D eigenvalue weighted by Gasteiger charge is 2.29. The lowest BCUT2D eigenvalue weighted by molar-refractivity contribution is -0.126. The molecule has 27 heavy (non-hydrogen) atoms. The van der Waals surface area contributed by atoms with E-state index >= 15 is 0 Å². The smallest absolute Gasteiger partial charge is 0.261 e. The molecule has 1 saturated heterocycles. The number of nitrogens with one attached hydrogen (secondary N) is 2. The molecule has 1 aromatic heterocycles. The zero-order valence-corrected chi connectivity index (χ0v) is 15.1. The molecule has 1 aliphatic heterocycles. The van der Waals surface area contributed by atoms with Gasteiger partial charge >= 0.3 is 0 Å². The number of piperidine rings is 1. The number of likely N-dealkylation sites (tertiary alicyclic amines) is 1. The van der Waals surface area contributed by atoms with Crippen molar-refractivity contribution in [3.8, 4) is 11.3 Å². The molecule has 0 saturated carbocycles. The molecule has 0 radical (unpaired) electrons. The SMILES string of the molecule is NCCNC(=O)C1CCCN(C(=O)c2ccc(-c3ccccc3)[nH]c2=O)C1. The summed E-state index contributed by atoms with van der Waals surface area (Å²) in [4.78, 5) is 41.8. The van der Waals surface area contributed by atoms with Crippen molar-refractivity contribution in [3.05, 3.63) is 58.4 Å². The summed E-state index contributed by atoms with van der Waals surface area (Å²) in [5, 5.41) is 2.77. The molecular formula is C20H24N4O3. The zero-order valence-electron chi connectivity index (χ0n) is 15.1. The van der Waals surface area contributed by atoms with Gasteiger partial charge in [-0.25, -0.2) is 0 Å². The zero-order chi connectivity index (χ0) is 19.2. The maximum atomic E-state index is 12.8. The Balaban J connectivity index is 1.73. The third-order valence-corrected chi connectivity index (χ3v) is 4.75. The average molecular weight is 368 g/mol. The van der Waals surface area contributed by atoms with Crippen molar-refractivity contribution in [1.82, 2.24) is 15.2 Å². The summed E-state index contributed by atoms with van der Waals surface area (Å²) in [5.74, 6) is -0.699. The monoisotopic (exact) mass is 368 g/mol. The van der Waals surface area contributed by atoms with Crippen molar-refractivity contribution in [3.63, 3.8) is 0 Å². The largest absolute Gasteiger partial charge is 0.355 e. The molecule has 0 spiro atoms. The second-order valence-electron chi connectivity index (χ2n) is 6.65. The van der Waals surface area contributed by atoms with Crippen molar-refractivity contribution in [2.24, 2.45) is 11.7 Å². The molecule has 7 heteroatoms. The van der Waals surface area contributed by atoms with Gasteiger partial charge in [0.2, 0.25) is 5.91 Å². The Morgan fingerprint density at radius 3 is 2.67 bits per heavy atom. The van der Waals surface area contributed by atoms with E-state index in [9.17, 15) is 14.4 Å². The highest BCUT2D eigenvalue weighted by atomic mass is 16.2. The standard InChI is InChI=1S/C20H24N4O3/c21-10-11-22-18(25)15-7-4-12-24(13-15)20(27)16-8-9-17(23-19(16)26)14-5-2-1-3-6-14/h1-3,5-6,8-9,15H,4,7,10-13,21H2,(H,22,25)(H,23,26). The first kappa shape index (κ1) is 18.8. The van der Waals surface area contributed by atoms with Gasteiger partial charge in [0.1, 0.15) is 5.56 Å². The van der Waals surface area contributed by atoms with Crippen LogP contribution in [0.3, 0.4) is 0 Å². The van der Waals surface area contributed by atoms with E-state index in [-0.39, 0.29) is 23.3 Å². The fraction of sp³-hybridized carbons (Fsp3) is 0.350.